The Hall–Kier alpha value is -4.01. The summed E-state index contributed by atoms with van der Waals surface area (Å²) in [6, 6.07) is 2.40. The molecule has 3 rings (SSSR count). The van der Waals surface area contributed by atoms with E-state index in [1.54, 1.807) is 52.8 Å². The van der Waals surface area contributed by atoms with Gasteiger partial charge in [-0.05, 0) is 78.0 Å². The average Bonchev–Trinajstić information content (AvgIpc) is 3.36. The highest BCUT2D eigenvalue weighted by atomic mass is 35.5. The number of aliphatic hydroxyl groups is 2. The van der Waals surface area contributed by atoms with Gasteiger partial charge in [0.2, 0.25) is 23.6 Å². The number of esters is 1. The third kappa shape index (κ3) is 16.9. The third-order valence-electron chi connectivity index (χ3n) is 11.8. The number of hydrogen-bond donors (Lipinski definition) is 5. The van der Waals surface area contributed by atoms with E-state index in [0.29, 0.717) is 36.6 Å². The van der Waals surface area contributed by atoms with Crippen LogP contribution in [-0.2, 0) is 44.6 Å². The summed E-state index contributed by atoms with van der Waals surface area (Å²) in [5, 5.41) is 32.4. The summed E-state index contributed by atoms with van der Waals surface area (Å²) in [4.78, 5) is 80.2. The molecule has 2 aliphatic rings. The number of allylic oxidation sites excluding steroid dienone is 3. The Morgan fingerprint density at radius 3 is 2.45 bits per heavy atom. The molecule has 1 aromatic rings. The van der Waals surface area contributed by atoms with Gasteiger partial charge in [0.05, 0.1) is 31.4 Å². The molecule has 5 N–H and O–H groups in total. The molecule has 4 bridgehead atoms. The van der Waals surface area contributed by atoms with Gasteiger partial charge >= 0.3 is 12.1 Å². The first kappa shape index (κ1) is 56.3. The Balaban J connectivity index is 1.86. The Labute approximate surface area is 402 Å². The zero-order valence-corrected chi connectivity index (χ0v) is 42.6. The monoisotopic (exact) mass is 983 g/mol. The summed E-state index contributed by atoms with van der Waals surface area (Å²) in [6.45, 7) is 12.6. The molecular weight excluding hydrogens is 914 g/mol. The fourth-order valence-electron chi connectivity index (χ4n) is 7.45. The van der Waals surface area contributed by atoms with Crippen molar-refractivity contribution in [3.8, 4) is 5.75 Å². The van der Waals surface area contributed by atoms with Crippen LogP contribution in [0.15, 0.2) is 35.9 Å². The average molecular weight is 985 g/mol. The van der Waals surface area contributed by atoms with Gasteiger partial charge in [0.1, 0.15) is 29.0 Å². The first-order chi connectivity index (χ1) is 30.7. The summed E-state index contributed by atoms with van der Waals surface area (Å²) < 4.78 is 22.5. The second-order valence-electron chi connectivity index (χ2n) is 18.3. The van der Waals surface area contributed by atoms with Gasteiger partial charge in [-0.15, -0.1) is 0 Å². The fraction of sp³-hybridized carbons (Fsp3) is 0.652. The molecule has 2 heterocycles. The van der Waals surface area contributed by atoms with E-state index in [1.807, 2.05) is 26.8 Å². The highest BCUT2D eigenvalue weighted by Gasteiger charge is 2.49. The van der Waals surface area contributed by atoms with E-state index in [2.05, 4.69) is 16.0 Å². The minimum absolute atomic E-state index is 0.0537. The van der Waals surface area contributed by atoms with Crippen molar-refractivity contribution >= 4 is 74.6 Å². The fourth-order valence-corrected chi connectivity index (χ4v) is 10.2. The highest BCUT2D eigenvalue weighted by Crippen LogP contribution is 2.42. The SMILES string of the molecule is COc1cc2cc(c1Cl)N(C)C(=O)C[C@H](OC(=O)[C@H](C)N(C)C(=O)CCC(C)(C)SSCCNC(=O)CCNC(C)=O)[C@](C)(O)CC[C@@]1(C)COC(=O)N[C@](O)(C1)[C@H](OC)/C=C/C=C(\C)C2. The minimum atomic E-state index is -1.93. The molecule has 1 aromatic carbocycles. The van der Waals surface area contributed by atoms with Crippen molar-refractivity contribution in [2.24, 2.45) is 5.41 Å². The number of methoxy groups -OCH3 is 2. The molecule has 66 heavy (non-hydrogen) atoms. The lowest BCUT2D eigenvalue weighted by Crippen LogP contribution is -2.57. The van der Waals surface area contributed by atoms with Crippen LogP contribution >= 0.6 is 33.2 Å². The van der Waals surface area contributed by atoms with Crippen LogP contribution in [0.3, 0.4) is 0 Å². The molecule has 20 heteroatoms. The van der Waals surface area contributed by atoms with Crippen molar-refractivity contribution < 1.29 is 57.9 Å². The van der Waals surface area contributed by atoms with Gasteiger partial charge < -0.3 is 49.6 Å². The van der Waals surface area contributed by atoms with Crippen LogP contribution in [0.25, 0.3) is 0 Å². The van der Waals surface area contributed by atoms with Crippen molar-refractivity contribution in [2.75, 3.05) is 58.7 Å². The number of benzene rings is 1. The number of carbonyl (C=O) groups excluding carboxylic acids is 6. The van der Waals surface area contributed by atoms with E-state index in [0.717, 1.165) is 11.1 Å². The molecule has 0 aromatic heterocycles. The smallest absolute Gasteiger partial charge is 0.409 e. The number of likely N-dealkylation sites (N-methyl/N-ethyl adjacent to an activating group) is 1. The number of carbonyl (C=O) groups is 6. The normalized spacial score (nSPS) is 26.0. The van der Waals surface area contributed by atoms with Crippen molar-refractivity contribution in [1.29, 1.82) is 0 Å². The quantitative estimate of drug-likeness (QED) is 0.0788. The number of amides is 5. The summed E-state index contributed by atoms with van der Waals surface area (Å²) >= 11 is 6.79. The lowest BCUT2D eigenvalue weighted by molar-refractivity contribution is -0.174. The van der Waals surface area contributed by atoms with Crippen LogP contribution in [0.5, 0.6) is 5.75 Å². The summed E-state index contributed by atoms with van der Waals surface area (Å²) in [7, 11) is 9.03. The summed E-state index contributed by atoms with van der Waals surface area (Å²) in [5.41, 5.74) is -2.78. The van der Waals surface area contributed by atoms with Gasteiger partial charge in [-0.25, -0.2) is 9.59 Å². The second kappa shape index (κ2) is 24.8. The number of ether oxygens (including phenoxy) is 4. The molecule has 1 fully saturated rings. The number of hydrogen-bond acceptors (Lipinski definition) is 14. The van der Waals surface area contributed by atoms with Crippen molar-refractivity contribution in [3.63, 3.8) is 0 Å². The van der Waals surface area contributed by atoms with Crippen LogP contribution in [-0.4, -0.2) is 139 Å². The second-order valence-corrected chi connectivity index (χ2v) is 21.8. The Bertz CT molecular complexity index is 1970. The van der Waals surface area contributed by atoms with E-state index >= 15 is 0 Å². The van der Waals surface area contributed by atoms with E-state index in [1.165, 1.54) is 58.9 Å². The Morgan fingerprint density at radius 1 is 1.11 bits per heavy atom. The standard InChI is InChI=1S/C46H70ClN5O12S2/c1-29-13-12-14-35(62-11)46(60)27-44(6,28-63-42(58)50-46)18-19-45(7,59)36(26-39(56)52(9)33-24-32(23-29)25-34(61-10)40(33)47)64-41(57)30(2)51(8)38(55)15-17-43(4,5)66-65-22-21-49-37(54)16-20-48-31(3)53/h12-14,24-25,30,35-36,59-60H,15-23,26-28H2,1-11H3,(H,48,53)(H,49,54)(H,50,58)/b14-12+,29-13+/t30-,35+,36-,44+,45+,46-/m0/s1. The molecule has 2 aliphatic heterocycles. The van der Waals surface area contributed by atoms with Crippen molar-refractivity contribution in [3.05, 3.63) is 46.5 Å². The molecule has 0 unspecified atom stereocenters. The minimum Gasteiger partial charge on any atom is -0.495 e. The van der Waals surface area contributed by atoms with Crippen molar-refractivity contribution in [2.45, 2.75) is 134 Å². The lowest BCUT2D eigenvalue weighted by Gasteiger charge is -2.40. The topological polar surface area (TPSA) is 222 Å². The predicted octanol–water partition coefficient (Wildman–Crippen LogP) is 5.47. The van der Waals surface area contributed by atoms with E-state index in [9.17, 15) is 39.0 Å². The van der Waals surface area contributed by atoms with E-state index < -0.39 is 59.4 Å². The van der Waals surface area contributed by atoms with E-state index in [-0.39, 0.29) is 72.7 Å². The van der Waals surface area contributed by atoms with Crippen molar-refractivity contribution in [1.82, 2.24) is 20.9 Å². The number of nitrogens with one attached hydrogen (secondary N) is 3. The van der Waals surface area contributed by atoms with Gasteiger partial charge in [-0.1, -0.05) is 63.9 Å². The van der Waals surface area contributed by atoms with Crippen LogP contribution in [0, 0.1) is 5.41 Å². The molecule has 1 saturated heterocycles. The number of alkyl carbamates (subject to hydrolysis) is 1. The van der Waals surface area contributed by atoms with Crippen LogP contribution in [0.2, 0.25) is 5.02 Å². The van der Waals surface area contributed by atoms with Gasteiger partial charge in [0, 0.05) is 76.4 Å². The predicted molar refractivity (Wildman–Crippen MR) is 257 cm³/mol. The first-order valence-corrected chi connectivity index (χ1v) is 24.6. The number of nitrogens with zero attached hydrogens (tertiary/aromatic N) is 2. The van der Waals surface area contributed by atoms with Crippen LogP contribution < -0.4 is 25.6 Å². The maximum absolute atomic E-state index is 14.3. The molecule has 17 nitrogen and oxygen atoms in total. The molecule has 0 radical (unpaired) electrons. The van der Waals surface area contributed by atoms with Gasteiger partial charge in [0.25, 0.3) is 0 Å². The number of cyclic esters (lactones) is 1. The van der Waals surface area contributed by atoms with Crippen LogP contribution in [0.1, 0.15) is 99.0 Å². The summed E-state index contributed by atoms with van der Waals surface area (Å²) in [6.07, 6.45) is 2.58. The number of fused-ring (bicyclic) bond motifs is 4. The maximum Gasteiger partial charge on any atom is 0.409 e. The molecule has 0 spiro atoms. The Kier molecular flexibility index (Phi) is 21.2. The molecule has 5 amide bonds. The van der Waals surface area contributed by atoms with Crippen LogP contribution in [0.4, 0.5) is 10.5 Å². The van der Waals surface area contributed by atoms with E-state index in [4.69, 9.17) is 30.5 Å². The number of anilines is 1. The largest absolute Gasteiger partial charge is 0.495 e. The lowest BCUT2D eigenvalue weighted by atomic mass is 9.74. The molecule has 0 aliphatic carbocycles. The Morgan fingerprint density at radius 2 is 1.80 bits per heavy atom. The molecular formula is C46H70ClN5O12S2. The number of halogens is 1. The van der Waals surface area contributed by atoms with Gasteiger partial charge in [0.15, 0.2) is 5.72 Å². The number of rotatable bonds is 16. The molecule has 370 valence electrons. The molecule has 0 saturated carbocycles. The van der Waals surface area contributed by atoms with Gasteiger partial charge in [-0.3, -0.25) is 24.5 Å². The highest BCUT2D eigenvalue weighted by molar-refractivity contribution is 8.77. The third-order valence-corrected chi connectivity index (χ3v) is 15.5. The summed E-state index contributed by atoms with van der Waals surface area (Å²) in [5.74, 6) is -1.11. The zero-order valence-electron chi connectivity index (χ0n) is 40.2. The zero-order chi connectivity index (χ0) is 49.6. The maximum atomic E-state index is 14.3. The van der Waals surface area contributed by atoms with Gasteiger partial charge in [-0.2, -0.15) is 0 Å². The molecule has 6 atom stereocenters. The first-order valence-electron chi connectivity index (χ1n) is 21.9.